The van der Waals surface area contributed by atoms with Crippen molar-refractivity contribution in [1.82, 2.24) is 5.32 Å². The Kier molecular flexibility index (Phi) is 4.30. The molecule has 116 valence electrons. The molecule has 0 aliphatic carbocycles. The van der Waals surface area contributed by atoms with Gasteiger partial charge in [-0.1, -0.05) is 24.3 Å². The fourth-order valence-corrected chi connectivity index (χ4v) is 3.03. The highest BCUT2D eigenvalue weighted by molar-refractivity contribution is 8.18. The van der Waals surface area contributed by atoms with Crippen molar-refractivity contribution >= 4 is 34.6 Å². The van der Waals surface area contributed by atoms with Crippen molar-refractivity contribution in [2.24, 2.45) is 4.99 Å². The molecular weight excluding hydrogens is 311 g/mol. The molecule has 1 fully saturated rings. The van der Waals surface area contributed by atoms with Gasteiger partial charge >= 0.3 is 0 Å². The number of rotatable bonds is 2. The Hall–Kier alpha value is -2.40. The lowest BCUT2D eigenvalue weighted by molar-refractivity contribution is -0.115. The number of carbonyl (C=O) groups excluding carboxylic acids is 1. The Labute approximate surface area is 138 Å². The molecule has 1 aliphatic heterocycles. The lowest BCUT2D eigenvalue weighted by Crippen LogP contribution is -2.19. The molecule has 1 saturated heterocycles. The highest BCUT2D eigenvalue weighted by atomic mass is 32.2. The highest BCUT2D eigenvalue weighted by Gasteiger charge is 2.24. The third-order valence-electron chi connectivity index (χ3n) is 3.60. The first-order valence-electron chi connectivity index (χ1n) is 7.14. The first-order chi connectivity index (χ1) is 11.0. The molecule has 0 aromatic heterocycles. The van der Waals surface area contributed by atoms with Crippen molar-refractivity contribution in [2.45, 2.75) is 13.8 Å². The maximum Gasteiger partial charge on any atom is 0.264 e. The van der Waals surface area contributed by atoms with Gasteiger partial charge in [-0.3, -0.25) is 4.79 Å². The van der Waals surface area contributed by atoms with Crippen molar-refractivity contribution in [3.8, 4) is 0 Å². The second kappa shape index (κ2) is 6.38. The monoisotopic (exact) mass is 326 g/mol. The fourth-order valence-electron chi connectivity index (χ4n) is 2.19. The van der Waals surface area contributed by atoms with E-state index in [0.29, 0.717) is 15.6 Å². The predicted octanol–water partition coefficient (Wildman–Crippen LogP) is 4.33. The molecule has 0 unspecified atom stereocenters. The number of hydrogen-bond donors (Lipinski definition) is 1. The molecule has 5 heteroatoms. The van der Waals surface area contributed by atoms with E-state index in [4.69, 9.17) is 0 Å². The number of amidine groups is 1. The first kappa shape index (κ1) is 15.5. The molecule has 3 nitrogen and oxygen atoms in total. The summed E-state index contributed by atoms with van der Waals surface area (Å²) in [6.07, 6.45) is 1.66. The number of nitrogens with zero attached hydrogens (tertiary/aromatic N) is 1. The molecule has 1 aliphatic rings. The van der Waals surface area contributed by atoms with Crippen molar-refractivity contribution in [3.05, 3.63) is 69.9 Å². The average Bonchev–Trinajstić information content (AvgIpc) is 2.84. The number of aliphatic imine (C=N–C) groups is 1. The SMILES string of the molecule is Cc1cccc(N=C2NC(=O)/C(=C/c3cccc(F)c3)S2)c1C. The molecule has 23 heavy (non-hydrogen) atoms. The summed E-state index contributed by atoms with van der Waals surface area (Å²) in [7, 11) is 0. The van der Waals surface area contributed by atoms with E-state index in [1.807, 2.05) is 32.0 Å². The second-order valence-corrected chi connectivity index (χ2v) is 6.29. The summed E-state index contributed by atoms with van der Waals surface area (Å²) in [4.78, 5) is 17.1. The maximum absolute atomic E-state index is 13.2. The fraction of sp³-hybridized carbons (Fsp3) is 0.111. The number of carbonyl (C=O) groups is 1. The Morgan fingerprint density at radius 2 is 1.96 bits per heavy atom. The van der Waals surface area contributed by atoms with E-state index in [2.05, 4.69) is 10.3 Å². The van der Waals surface area contributed by atoms with Crippen molar-refractivity contribution in [2.75, 3.05) is 0 Å². The third-order valence-corrected chi connectivity index (χ3v) is 4.51. The van der Waals surface area contributed by atoms with Crippen LogP contribution in [0.2, 0.25) is 0 Å². The standard InChI is InChI=1S/C18H15FN2OS/c1-11-5-3-8-15(12(11)2)20-18-21-17(22)16(23-18)10-13-6-4-7-14(19)9-13/h3-10H,1-2H3,(H,20,21,22)/b16-10-. The van der Waals surface area contributed by atoms with Crippen LogP contribution in [0.3, 0.4) is 0 Å². The molecule has 1 heterocycles. The third kappa shape index (κ3) is 3.51. The van der Waals surface area contributed by atoms with Crippen LogP contribution in [-0.2, 0) is 4.79 Å². The smallest absolute Gasteiger partial charge is 0.264 e. The Morgan fingerprint density at radius 1 is 1.17 bits per heavy atom. The van der Waals surface area contributed by atoms with E-state index in [1.54, 1.807) is 18.2 Å². The molecule has 2 aromatic rings. The van der Waals surface area contributed by atoms with Crippen molar-refractivity contribution < 1.29 is 9.18 Å². The Bertz CT molecular complexity index is 843. The number of thioether (sulfide) groups is 1. The zero-order valence-electron chi connectivity index (χ0n) is 12.8. The van der Waals surface area contributed by atoms with Crippen LogP contribution in [-0.4, -0.2) is 11.1 Å². The number of aryl methyl sites for hydroxylation is 1. The van der Waals surface area contributed by atoms with Gasteiger partial charge in [0.05, 0.1) is 10.6 Å². The summed E-state index contributed by atoms with van der Waals surface area (Å²) in [6.45, 7) is 4.02. The Balaban J connectivity index is 1.88. The van der Waals surface area contributed by atoms with E-state index in [1.165, 1.54) is 23.9 Å². The molecule has 0 atom stereocenters. The number of amides is 1. The summed E-state index contributed by atoms with van der Waals surface area (Å²) in [5, 5.41) is 3.28. The van der Waals surface area contributed by atoms with Crippen LogP contribution in [0.25, 0.3) is 6.08 Å². The van der Waals surface area contributed by atoms with Gasteiger partial charge in [-0.15, -0.1) is 0 Å². The van der Waals surface area contributed by atoms with Crippen LogP contribution >= 0.6 is 11.8 Å². The molecular formula is C18H15FN2OS. The van der Waals surface area contributed by atoms with E-state index >= 15 is 0 Å². The quantitative estimate of drug-likeness (QED) is 0.834. The van der Waals surface area contributed by atoms with Crippen LogP contribution in [0.15, 0.2) is 52.4 Å². The summed E-state index contributed by atoms with van der Waals surface area (Å²) in [6, 6.07) is 12.0. The van der Waals surface area contributed by atoms with Crippen LogP contribution in [0.1, 0.15) is 16.7 Å². The van der Waals surface area contributed by atoms with Crippen LogP contribution in [0, 0.1) is 19.7 Å². The summed E-state index contributed by atoms with van der Waals surface area (Å²) < 4.78 is 13.2. The molecule has 0 saturated carbocycles. The van der Waals surface area contributed by atoms with Crippen LogP contribution < -0.4 is 5.32 Å². The lowest BCUT2D eigenvalue weighted by Gasteiger charge is -2.04. The van der Waals surface area contributed by atoms with Gasteiger partial charge in [-0.25, -0.2) is 9.38 Å². The number of halogens is 1. The average molecular weight is 326 g/mol. The first-order valence-corrected chi connectivity index (χ1v) is 7.96. The van der Waals surface area contributed by atoms with Gasteiger partial charge in [-0.05, 0) is 66.6 Å². The van der Waals surface area contributed by atoms with E-state index in [-0.39, 0.29) is 11.7 Å². The van der Waals surface area contributed by atoms with E-state index in [0.717, 1.165) is 16.8 Å². The van der Waals surface area contributed by atoms with Gasteiger partial charge in [0.2, 0.25) is 0 Å². The largest absolute Gasteiger partial charge is 0.300 e. The topological polar surface area (TPSA) is 41.5 Å². The van der Waals surface area contributed by atoms with Crippen molar-refractivity contribution in [3.63, 3.8) is 0 Å². The summed E-state index contributed by atoms with van der Waals surface area (Å²) >= 11 is 1.26. The lowest BCUT2D eigenvalue weighted by atomic mass is 10.1. The zero-order chi connectivity index (χ0) is 16.4. The molecule has 0 spiro atoms. The minimum Gasteiger partial charge on any atom is -0.300 e. The van der Waals surface area contributed by atoms with E-state index < -0.39 is 0 Å². The van der Waals surface area contributed by atoms with Gasteiger partial charge in [0.25, 0.3) is 5.91 Å². The predicted molar refractivity (Wildman–Crippen MR) is 93.1 cm³/mol. The van der Waals surface area contributed by atoms with Crippen LogP contribution in [0.4, 0.5) is 10.1 Å². The van der Waals surface area contributed by atoms with Gasteiger partial charge in [0.15, 0.2) is 5.17 Å². The molecule has 0 radical (unpaired) electrons. The van der Waals surface area contributed by atoms with Gasteiger partial charge < -0.3 is 5.32 Å². The molecule has 3 rings (SSSR count). The van der Waals surface area contributed by atoms with Gasteiger partial charge in [-0.2, -0.15) is 0 Å². The van der Waals surface area contributed by atoms with Gasteiger partial charge in [0.1, 0.15) is 5.82 Å². The molecule has 1 amide bonds. The molecule has 2 aromatic carbocycles. The molecule has 1 N–H and O–H groups in total. The van der Waals surface area contributed by atoms with Gasteiger partial charge in [0, 0.05) is 0 Å². The maximum atomic E-state index is 13.2. The van der Waals surface area contributed by atoms with E-state index in [9.17, 15) is 9.18 Å². The van der Waals surface area contributed by atoms with Crippen molar-refractivity contribution in [1.29, 1.82) is 0 Å². The number of benzene rings is 2. The summed E-state index contributed by atoms with van der Waals surface area (Å²) in [5.41, 5.74) is 3.71. The molecule has 0 bridgehead atoms. The zero-order valence-corrected chi connectivity index (χ0v) is 13.6. The number of hydrogen-bond acceptors (Lipinski definition) is 3. The highest BCUT2D eigenvalue weighted by Crippen LogP contribution is 2.29. The number of nitrogens with one attached hydrogen (secondary N) is 1. The second-order valence-electron chi connectivity index (χ2n) is 5.26. The normalized spacial score (nSPS) is 17.8. The minimum absolute atomic E-state index is 0.219. The minimum atomic E-state index is -0.327. The summed E-state index contributed by atoms with van der Waals surface area (Å²) in [5.74, 6) is -0.546. The van der Waals surface area contributed by atoms with Crippen LogP contribution in [0.5, 0.6) is 0 Å². The Morgan fingerprint density at radius 3 is 2.74 bits per heavy atom.